The number of ether oxygens (including phenoxy) is 2. The molecule has 2 N–H and O–H groups in total. The second-order valence-electron chi connectivity index (χ2n) is 10.5. The van der Waals surface area contributed by atoms with Gasteiger partial charge in [-0.1, -0.05) is 23.2 Å². The molecule has 0 bridgehead atoms. The summed E-state index contributed by atoms with van der Waals surface area (Å²) in [5.74, 6) is 0.598. The van der Waals surface area contributed by atoms with Crippen LogP contribution in [0.2, 0.25) is 10.2 Å². The number of halogens is 2. The standard InChI is InChI=1S/C28H37Cl2N5O2/c1-19(16-36-2)35-21-5-3-20(4-6-21)11-22-12-24(26(29)15-32-22)25-13-23(14-33-27(25)30)34-18-28(17-31)7-9-37-10-8-28/h12-15,19-21,34-35H,3-11,16,18H2,1-2H3/t19-,20?,21?/m1/s1. The van der Waals surface area contributed by atoms with Gasteiger partial charge in [0.15, 0.2) is 0 Å². The quantitative estimate of drug-likeness (QED) is 0.358. The Morgan fingerprint density at radius 2 is 1.89 bits per heavy atom. The monoisotopic (exact) mass is 545 g/mol. The molecule has 1 aliphatic carbocycles. The Bertz CT molecular complexity index is 1080. The Hall–Kier alpha value is -1.95. The van der Waals surface area contributed by atoms with Gasteiger partial charge < -0.3 is 20.1 Å². The van der Waals surface area contributed by atoms with E-state index in [1.165, 1.54) is 25.7 Å². The lowest BCUT2D eigenvalue weighted by molar-refractivity contribution is 0.0456. The fourth-order valence-electron chi connectivity index (χ4n) is 5.42. The van der Waals surface area contributed by atoms with Crippen LogP contribution in [0.25, 0.3) is 11.1 Å². The molecule has 9 heteroatoms. The number of pyridine rings is 2. The Morgan fingerprint density at radius 1 is 1.14 bits per heavy atom. The van der Waals surface area contributed by atoms with Gasteiger partial charge in [-0.15, -0.1) is 0 Å². The highest BCUT2D eigenvalue weighted by atomic mass is 35.5. The minimum absolute atomic E-state index is 0.373. The second-order valence-corrected chi connectivity index (χ2v) is 11.3. The van der Waals surface area contributed by atoms with Crippen LogP contribution in [0.1, 0.15) is 51.1 Å². The lowest BCUT2D eigenvalue weighted by atomic mass is 9.81. The van der Waals surface area contributed by atoms with Crippen molar-refractivity contribution in [1.82, 2.24) is 15.3 Å². The van der Waals surface area contributed by atoms with E-state index in [0.29, 0.717) is 60.8 Å². The Balaban J connectivity index is 1.41. The molecule has 1 saturated heterocycles. The summed E-state index contributed by atoms with van der Waals surface area (Å²) in [5.41, 5.74) is 2.98. The van der Waals surface area contributed by atoms with E-state index in [4.69, 9.17) is 32.7 Å². The second kappa shape index (κ2) is 13.2. The number of hydrogen-bond acceptors (Lipinski definition) is 7. The van der Waals surface area contributed by atoms with E-state index >= 15 is 0 Å². The molecule has 1 aliphatic heterocycles. The predicted molar refractivity (Wildman–Crippen MR) is 148 cm³/mol. The molecule has 2 aromatic heterocycles. The average molecular weight is 547 g/mol. The first kappa shape index (κ1) is 28.1. The van der Waals surface area contributed by atoms with Crippen LogP contribution < -0.4 is 10.6 Å². The third-order valence-electron chi connectivity index (χ3n) is 7.64. The molecule has 3 heterocycles. The third kappa shape index (κ3) is 7.55. The fraction of sp³-hybridized carbons (Fsp3) is 0.607. The largest absolute Gasteiger partial charge is 0.383 e. The van der Waals surface area contributed by atoms with E-state index in [1.54, 1.807) is 19.5 Å². The van der Waals surface area contributed by atoms with Crippen LogP contribution in [-0.2, 0) is 15.9 Å². The summed E-state index contributed by atoms with van der Waals surface area (Å²) in [6.07, 6.45) is 10.4. The highest BCUT2D eigenvalue weighted by molar-refractivity contribution is 6.35. The molecule has 200 valence electrons. The highest BCUT2D eigenvalue weighted by Crippen LogP contribution is 2.36. The zero-order valence-electron chi connectivity index (χ0n) is 21.7. The summed E-state index contributed by atoms with van der Waals surface area (Å²) in [6.45, 7) is 4.66. The van der Waals surface area contributed by atoms with Crippen LogP contribution in [-0.4, -0.2) is 55.5 Å². The molecular weight excluding hydrogens is 509 g/mol. The van der Waals surface area contributed by atoms with Gasteiger partial charge in [-0.2, -0.15) is 5.26 Å². The first-order valence-corrected chi connectivity index (χ1v) is 13.9. The lowest BCUT2D eigenvalue weighted by Gasteiger charge is -2.31. The normalized spacial score (nSPS) is 22.2. The van der Waals surface area contributed by atoms with Gasteiger partial charge >= 0.3 is 0 Å². The van der Waals surface area contributed by atoms with Crippen LogP contribution in [0.3, 0.4) is 0 Å². The van der Waals surface area contributed by atoms with Gasteiger partial charge in [0.2, 0.25) is 0 Å². The average Bonchev–Trinajstić information content (AvgIpc) is 2.91. The number of rotatable bonds is 10. The molecule has 0 unspecified atom stereocenters. The maximum atomic E-state index is 9.76. The summed E-state index contributed by atoms with van der Waals surface area (Å²) in [6, 6.07) is 7.43. The number of nitrogens with zero attached hydrogens (tertiary/aromatic N) is 3. The molecular formula is C28H37Cl2N5O2. The summed E-state index contributed by atoms with van der Waals surface area (Å²) >= 11 is 13.1. The predicted octanol–water partition coefficient (Wildman–Crippen LogP) is 5.91. The van der Waals surface area contributed by atoms with E-state index in [0.717, 1.165) is 35.5 Å². The van der Waals surface area contributed by atoms with Crippen molar-refractivity contribution in [3.63, 3.8) is 0 Å². The Kier molecular flexibility index (Phi) is 10.0. The number of methoxy groups -OCH3 is 1. The van der Waals surface area contributed by atoms with Crippen LogP contribution in [0.15, 0.2) is 24.5 Å². The van der Waals surface area contributed by atoms with Gasteiger partial charge in [0.05, 0.1) is 35.0 Å². The van der Waals surface area contributed by atoms with Gasteiger partial charge in [-0.3, -0.25) is 4.98 Å². The van der Waals surface area contributed by atoms with E-state index in [1.807, 2.05) is 6.07 Å². The molecule has 0 amide bonds. The van der Waals surface area contributed by atoms with Crippen LogP contribution in [0.4, 0.5) is 5.69 Å². The van der Waals surface area contributed by atoms with Crippen molar-refractivity contribution in [3.8, 4) is 17.2 Å². The van der Waals surface area contributed by atoms with Gasteiger partial charge in [-0.05, 0) is 69.9 Å². The Morgan fingerprint density at radius 3 is 2.59 bits per heavy atom. The zero-order chi connectivity index (χ0) is 26.3. The van der Waals surface area contributed by atoms with Crippen molar-refractivity contribution in [2.24, 2.45) is 11.3 Å². The third-order valence-corrected chi connectivity index (χ3v) is 8.24. The number of hydrogen-bond donors (Lipinski definition) is 2. The van der Waals surface area contributed by atoms with Crippen molar-refractivity contribution in [2.75, 3.05) is 38.8 Å². The molecule has 2 aliphatic rings. The summed E-state index contributed by atoms with van der Waals surface area (Å²) in [4.78, 5) is 9.03. The molecule has 37 heavy (non-hydrogen) atoms. The van der Waals surface area contributed by atoms with Crippen molar-refractivity contribution in [3.05, 3.63) is 40.4 Å². The Labute approximate surface area is 230 Å². The van der Waals surface area contributed by atoms with E-state index in [-0.39, 0.29) is 0 Å². The molecule has 0 radical (unpaired) electrons. The molecule has 7 nitrogen and oxygen atoms in total. The van der Waals surface area contributed by atoms with Crippen LogP contribution >= 0.6 is 23.2 Å². The fourth-order valence-corrected chi connectivity index (χ4v) is 5.83. The molecule has 4 rings (SSSR count). The van der Waals surface area contributed by atoms with Gasteiger partial charge in [0.1, 0.15) is 5.15 Å². The SMILES string of the molecule is COC[C@@H](C)NC1CCC(Cc2cc(-c3cc(NCC4(C#N)CCOCC4)cnc3Cl)c(Cl)cn2)CC1. The van der Waals surface area contributed by atoms with Crippen molar-refractivity contribution >= 4 is 28.9 Å². The summed E-state index contributed by atoms with van der Waals surface area (Å²) in [7, 11) is 1.75. The number of aromatic nitrogens is 2. The summed E-state index contributed by atoms with van der Waals surface area (Å²) < 4.78 is 10.7. The van der Waals surface area contributed by atoms with Crippen LogP contribution in [0, 0.1) is 22.7 Å². The molecule has 0 aromatic carbocycles. The molecule has 1 saturated carbocycles. The maximum absolute atomic E-state index is 9.76. The maximum Gasteiger partial charge on any atom is 0.137 e. The summed E-state index contributed by atoms with van der Waals surface area (Å²) in [5, 5.41) is 17.8. The topological polar surface area (TPSA) is 92.1 Å². The van der Waals surface area contributed by atoms with Gasteiger partial charge in [0.25, 0.3) is 0 Å². The molecule has 2 aromatic rings. The molecule has 0 spiro atoms. The van der Waals surface area contributed by atoms with E-state index in [2.05, 4.69) is 39.7 Å². The molecule has 2 fully saturated rings. The lowest BCUT2D eigenvalue weighted by Crippen LogP contribution is -2.41. The van der Waals surface area contributed by atoms with Crippen molar-refractivity contribution in [1.29, 1.82) is 5.26 Å². The molecule has 1 atom stereocenters. The van der Waals surface area contributed by atoms with Gasteiger partial charge in [0, 0.05) is 62.0 Å². The number of nitriles is 1. The number of anilines is 1. The minimum atomic E-state index is -0.435. The van der Waals surface area contributed by atoms with Gasteiger partial charge in [-0.25, -0.2) is 4.98 Å². The zero-order valence-corrected chi connectivity index (χ0v) is 23.2. The smallest absolute Gasteiger partial charge is 0.137 e. The first-order valence-electron chi connectivity index (χ1n) is 13.2. The highest BCUT2D eigenvalue weighted by Gasteiger charge is 2.32. The minimum Gasteiger partial charge on any atom is -0.383 e. The first-order chi connectivity index (χ1) is 17.9. The van der Waals surface area contributed by atoms with E-state index < -0.39 is 5.41 Å². The number of nitrogens with one attached hydrogen (secondary N) is 2. The van der Waals surface area contributed by atoms with Crippen LogP contribution in [0.5, 0.6) is 0 Å². The van der Waals surface area contributed by atoms with E-state index in [9.17, 15) is 5.26 Å². The van der Waals surface area contributed by atoms with Crippen molar-refractivity contribution < 1.29 is 9.47 Å². The van der Waals surface area contributed by atoms with Crippen molar-refractivity contribution in [2.45, 2.75) is 64.0 Å².